The van der Waals surface area contributed by atoms with Gasteiger partial charge in [0.05, 0.1) is 16.6 Å². The molecule has 0 saturated carbocycles. The summed E-state index contributed by atoms with van der Waals surface area (Å²) in [5.41, 5.74) is 12.0. The lowest BCUT2D eigenvalue weighted by Gasteiger charge is -2.07. The summed E-state index contributed by atoms with van der Waals surface area (Å²) in [7, 11) is 0. The van der Waals surface area contributed by atoms with Gasteiger partial charge in [-0.25, -0.2) is 4.98 Å². The zero-order chi connectivity index (χ0) is 19.0. The summed E-state index contributed by atoms with van der Waals surface area (Å²) in [6.45, 7) is 5.64. The van der Waals surface area contributed by atoms with Crippen LogP contribution in [-0.4, -0.2) is 21.1 Å². The smallest absolute Gasteiger partial charge is 0.275 e. The highest BCUT2D eigenvalue weighted by molar-refractivity contribution is 5.97. The van der Waals surface area contributed by atoms with Crippen LogP contribution in [0.1, 0.15) is 24.5 Å². The van der Waals surface area contributed by atoms with E-state index in [1.807, 2.05) is 25.1 Å². The Morgan fingerprint density at radius 1 is 1.22 bits per heavy atom. The van der Waals surface area contributed by atoms with E-state index in [0.29, 0.717) is 12.2 Å². The van der Waals surface area contributed by atoms with Gasteiger partial charge in [0.15, 0.2) is 0 Å². The molecule has 2 aromatic heterocycles. The van der Waals surface area contributed by atoms with Crippen LogP contribution in [-0.2, 0) is 13.0 Å². The summed E-state index contributed by atoms with van der Waals surface area (Å²) in [4.78, 5) is 20.5. The fraction of sp³-hybridized carbons (Fsp3) is 0.273. The summed E-state index contributed by atoms with van der Waals surface area (Å²) >= 11 is 0. The molecule has 27 heavy (non-hydrogen) atoms. The molecule has 5 heteroatoms. The van der Waals surface area contributed by atoms with Crippen molar-refractivity contribution in [3.8, 4) is 11.3 Å². The lowest BCUT2D eigenvalue weighted by molar-refractivity contribution is 0.669. The quantitative estimate of drug-likeness (QED) is 0.569. The summed E-state index contributed by atoms with van der Waals surface area (Å²) in [6.07, 6.45) is 3.88. The van der Waals surface area contributed by atoms with Crippen molar-refractivity contribution in [2.75, 3.05) is 6.54 Å². The van der Waals surface area contributed by atoms with Gasteiger partial charge in [-0.05, 0) is 49.6 Å². The summed E-state index contributed by atoms with van der Waals surface area (Å²) in [6, 6.07) is 12.2. The summed E-state index contributed by atoms with van der Waals surface area (Å²) in [5, 5.41) is 1.07. The van der Waals surface area contributed by atoms with E-state index in [-0.39, 0.29) is 5.56 Å². The van der Waals surface area contributed by atoms with Gasteiger partial charge in [0.1, 0.15) is 5.69 Å². The molecule has 0 bridgehead atoms. The van der Waals surface area contributed by atoms with E-state index in [4.69, 9.17) is 10.7 Å². The predicted octanol–water partition coefficient (Wildman–Crippen LogP) is 3.76. The molecular weight excluding hydrogens is 336 g/mol. The third-order valence-electron chi connectivity index (χ3n) is 5.07. The Morgan fingerprint density at radius 2 is 2.07 bits per heavy atom. The molecule has 0 aliphatic rings. The van der Waals surface area contributed by atoms with Crippen molar-refractivity contribution in [3.63, 3.8) is 0 Å². The number of para-hydroxylation sites is 1. The van der Waals surface area contributed by atoms with E-state index < -0.39 is 0 Å². The fourth-order valence-electron chi connectivity index (χ4n) is 3.72. The second kappa shape index (κ2) is 7.00. The van der Waals surface area contributed by atoms with E-state index in [2.05, 4.69) is 40.9 Å². The number of aryl methyl sites for hydroxylation is 3. The number of nitrogens with two attached hydrogens (primary N) is 1. The summed E-state index contributed by atoms with van der Waals surface area (Å²) in [5.74, 6) is 0. The Kier molecular flexibility index (Phi) is 4.54. The third kappa shape index (κ3) is 3.04. The van der Waals surface area contributed by atoms with Gasteiger partial charge in [0.25, 0.3) is 5.56 Å². The highest BCUT2D eigenvalue weighted by Crippen LogP contribution is 2.31. The van der Waals surface area contributed by atoms with Gasteiger partial charge in [-0.15, -0.1) is 0 Å². The van der Waals surface area contributed by atoms with Crippen LogP contribution in [0.2, 0.25) is 0 Å². The second-order valence-corrected chi connectivity index (χ2v) is 6.98. The minimum atomic E-state index is -0.161. The number of hydrogen-bond acceptors (Lipinski definition) is 3. The first-order chi connectivity index (χ1) is 13.1. The lowest BCUT2D eigenvalue weighted by atomic mass is 10.1. The number of hydrogen-bond donors (Lipinski definition) is 2. The van der Waals surface area contributed by atoms with Crippen LogP contribution in [0, 0.1) is 6.92 Å². The SMILES string of the molecule is CCc1cccc2c(-c3nc4cc(C)ccc4[nH]c3=O)cn(CCCN)c12. The molecule has 0 aliphatic heterocycles. The Balaban J connectivity index is 2.00. The van der Waals surface area contributed by atoms with Crippen LogP contribution in [0.15, 0.2) is 47.4 Å². The number of benzene rings is 2. The number of nitrogens with one attached hydrogen (secondary N) is 1. The largest absolute Gasteiger partial charge is 0.347 e. The maximum Gasteiger partial charge on any atom is 0.275 e. The van der Waals surface area contributed by atoms with Crippen molar-refractivity contribution in [1.29, 1.82) is 0 Å². The topological polar surface area (TPSA) is 76.7 Å². The zero-order valence-electron chi connectivity index (χ0n) is 15.7. The predicted molar refractivity (Wildman–Crippen MR) is 111 cm³/mol. The number of aromatic nitrogens is 3. The van der Waals surface area contributed by atoms with Crippen molar-refractivity contribution < 1.29 is 0 Å². The van der Waals surface area contributed by atoms with Gasteiger partial charge in [-0.1, -0.05) is 31.2 Å². The Labute approximate surface area is 157 Å². The molecule has 4 aromatic rings. The standard InChI is InChI=1S/C22H24N4O/c1-3-15-6-4-7-16-17(13-26(21(15)16)11-5-10-23)20-22(27)25-18-9-8-14(2)12-19(18)24-20/h4,6-9,12-13H,3,5,10-11,23H2,1-2H3,(H,25,27). The van der Waals surface area contributed by atoms with E-state index in [9.17, 15) is 4.79 Å². The van der Waals surface area contributed by atoms with Crippen LogP contribution in [0.5, 0.6) is 0 Å². The Hall–Kier alpha value is -2.92. The summed E-state index contributed by atoms with van der Waals surface area (Å²) < 4.78 is 2.22. The monoisotopic (exact) mass is 360 g/mol. The third-order valence-corrected chi connectivity index (χ3v) is 5.07. The molecule has 0 spiro atoms. The molecule has 0 unspecified atom stereocenters. The molecule has 0 atom stereocenters. The number of rotatable bonds is 5. The molecule has 138 valence electrons. The van der Waals surface area contributed by atoms with Gasteiger partial charge in [0, 0.05) is 23.7 Å². The van der Waals surface area contributed by atoms with E-state index in [1.54, 1.807) is 0 Å². The maximum absolute atomic E-state index is 12.8. The Bertz CT molecular complexity index is 1190. The Morgan fingerprint density at radius 3 is 2.85 bits per heavy atom. The minimum absolute atomic E-state index is 0.161. The molecule has 5 nitrogen and oxygen atoms in total. The van der Waals surface area contributed by atoms with Gasteiger partial charge in [-0.3, -0.25) is 4.79 Å². The zero-order valence-corrected chi connectivity index (χ0v) is 15.7. The number of nitrogens with zero attached hydrogens (tertiary/aromatic N) is 2. The van der Waals surface area contributed by atoms with Gasteiger partial charge >= 0.3 is 0 Å². The highest BCUT2D eigenvalue weighted by Gasteiger charge is 2.17. The number of aromatic amines is 1. The van der Waals surface area contributed by atoms with Crippen LogP contribution in [0.25, 0.3) is 33.2 Å². The average Bonchev–Trinajstić information content (AvgIpc) is 3.04. The van der Waals surface area contributed by atoms with Gasteiger partial charge in [0.2, 0.25) is 0 Å². The van der Waals surface area contributed by atoms with E-state index in [1.165, 1.54) is 11.1 Å². The van der Waals surface area contributed by atoms with Crippen molar-refractivity contribution in [1.82, 2.24) is 14.5 Å². The normalized spacial score (nSPS) is 11.5. The molecule has 0 amide bonds. The number of H-pyrrole nitrogens is 1. The van der Waals surface area contributed by atoms with E-state index in [0.717, 1.165) is 46.9 Å². The first-order valence-electron chi connectivity index (χ1n) is 9.44. The van der Waals surface area contributed by atoms with Crippen LogP contribution < -0.4 is 11.3 Å². The van der Waals surface area contributed by atoms with Crippen molar-refractivity contribution in [3.05, 3.63) is 64.1 Å². The fourth-order valence-corrected chi connectivity index (χ4v) is 3.72. The number of fused-ring (bicyclic) bond motifs is 2. The van der Waals surface area contributed by atoms with Gasteiger partial charge in [-0.2, -0.15) is 0 Å². The molecule has 4 rings (SSSR count). The highest BCUT2D eigenvalue weighted by atomic mass is 16.1. The first kappa shape index (κ1) is 17.5. The molecule has 0 saturated heterocycles. The maximum atomic E-state index is 12.8. The molecule has 3 N–H and O–H groups in total. The first-order valence-corrected chi connectivity index (χ1v) is 9.44. The van der Waals surface area contributed by atoms with Crippen LogP contribution in [0.4, 0.5) is 0 Å². The lowest BCUT2D eigenvalue weighted by Crippen LogP contribution is -2.11. The van der Waals surface area contributed by atoms with Crippen molar-refractivity contribution in [2.24, 2.45) is 5.73 Å². The van der Waals surface area contributed by atoms with Crippen molar-refractivity contribution in [2.45, 2.75) is 33.2 Å². The molecule has 2 aromatic carbocycles. The average molecular weight is 360 g/mol. The second-order valence-electron chi connectivity index (χ2n) is 6.98. The van der Waals surface area contributed by atoms with E-state index >= 15 is 0 Å². The molecular formula is C22H24N4O. The van der Waals surface area contributed by atoms with Crippen molar-refractivity contribution >= 4 is 21.9 Å². The molecule has 2 heterocycles. The molecule has 0 fully saturated rings. The molecule has 0 aliphatic carbocycles. The van der Waals surface area contributed by atoms with Gasteiger partial charge < -0.3 is 15.3 Å². The van der Waals surface area contributed by atoms with Crippen LogP contribution >= 0.6 is 0 Å². The van der Waals surface area contributed by atoms with Crippen LogP contribution in [0.3, 0.4) is 0 Å². The minimum Gasteiger partial charge on any atom is -0.347 e. The molecule has 0 radical (unpaired) electrons.